The number of fused-ring (bicyclic) bond motifs is 1. The maximum absolute atomic E-state index is 12.6. The summed E-state index contributed by atoms with van der Waals surface area (Å²) in [6.07, 6.45) is 0. The van der Waals surface area contributed by atoms with Crippen LogP contribution in [-0.4, -0.2) is 41.5 Å². The fourth-order valence-electron chi connectivity index (χ4n) is 3.28. The molecule has 0 radical (unpaired) electrons. The van der Waals surface area contributed by atoms with Crippen molar-refractivity contribution in [1.29, 1.82) is 0 Å². The van der Waals surface area contributed by atoms with E-state index in [0.717, 1.165) is 17.1 Å². The Morgan fingerprint density at radius 2 is 1.87 bits per heavy atom. The molecule has 0 N–H and O–H groups in total. The molecule has 1 aliphatic rings. The molecular formula is C21H20N2O7. The third-order valence-electron chi connectivity index (χ3n) is 4.65. The van der Waals surface area contributed by atoms with Gasteiger partial charge in [-0.2, -0.15) is 0 Å². The van der Waals surface area contributed by atoms with E-state index in [1.807, 2.05) is 36.6 Å². The Morgan fingerprint density at radius 1 is 1.07 bits per heavy atom. The number of aryl methyl sites for hydroxylation is 2. The summed E-state index contributed by atoms with van der Waals surface area (Å²) in [6.45, 7) is 4.88. The van der Waals surface area contributed by atoms with Gasteiger partial charge < -0.3 is 28.0 Å². The summed E-state index contributed by atoms with van der Waals surface area (Å²) in [4.78, 5) is 24.5. The number of hydrogen-bond acceptors (Lipinski definition) is 8. The average molecular weight is 412 g/mol. The minimum atomic E-state index is -0.673. The highest BCUT2D eigenvalue weighted by molar-refractivity contribution is 5.99. The van der Waals surface area contributed by atoms with Gasteiger partial charge in [0, 0.05) is 34.8 Å². The summed E-state index contributed by atoms with van der Waals surface area (Å²) >= 11 is 0. The van der Waals surface area contributed by atoms with Crippen molar-refractivity contribution in [2.45, 2.75) is 20.8 Å². The second-order valence-electron chi connectivity index (χ2n) is 6.81. The first-order valence-electron chi connectivity index (χ1n) is 9.26. The third-order valence-corrected chi connectivity index (χ3v) is 4.65. The average Bonchev–Trinajstić information content (AvgIpc) is 3.43. The molecule has 3 heterocycles. The van der Waals surface area contributed by atoms with E-state index in [1.165, 1.54) is 0 Å². The van der Waals surface area contributed by atoms with Crippen LogP contribution >= 0.6 is 0 Å². The van der Waals surface area contributed by atoms with Crippen LogP contribution in [0, 0.1) is 20.8 Å². The van der Waals surface area contributed by atoms with Crippen molar-refractivity contribution in [3.8, 4) is 23.1 Å². The number of rotatable bonds is 7. The predicted molar refractivity (Wildman–Crippen MR) is 103 cm³/mol. The SMILES string of the molecule is Cc1cc(OCC(=O)OCC(=O)c2cc(C)n(-c3ccc4c(c3)OCO4)c2C)no1. The molecule has 0 saturated carbocycles. The Balaban J connectivity index is 1.41. The Bertz CT molecular complexity index is 1110. The van der Waals surface area contributed by atoms with Crippen LogP contribution in [0.3, 0.4) is 0 Å². The van der Waals surface area contributed by atoms with E-state index >= 15 is 0 Å². The number of Topliss-reactive ketones (excluding diaryl/α,β-unsaturated/α-hetero) is 1. The lowest BCUT2D eigenvalue weighted by Crippen LogP contribution is -2.20. The van der Waals surface area contributed by atoms with Gasteiger partial charge >= 0.3 is 5.97 Å². The minimum Gasteiger partial charge on any atom is -0.463 e. The van der Waals surface area contributed by atoms with Crippen LogP contribution in [0.5, 0.6) is 17.4 Å². The van der Waals surface area contributed by atoms with Crippen LogP contribution in [0.2, 0.25) is 0 Å². The minimum absolute atomic E-state index is 0.183. The fourth-order valence-corrected chi connectivity index (χ4v) is 3.28. The van der Waals surface area contributed by atoms with Crippen LogP contribution in [0.4, 0.5) is 0 Å². The predicted octanol–water partition coefficient (Wildman–Crippen LogP) is 2.92. The summed E-state index contributed by atoms with van der Waals surface area (Å²) in [5.74, 6) is 1.11. The van der Waals surface area contributed by atoms with Gasteiger partial charge in [-0.05, 0) is 44.1 Å². The molecule has 0 fully saturated rings. The second kappa shape index (κ2) is 7.94. The van der Waals surface area contributed by atoms with Gasteiger partial charge in [0.05, 0.1) is 0 Å². The molecule has 0 amide bonds. The van der Waals surface area contributed by atoms with Crippen LogP contribution < -0.4 is 14.2 Å². The molecule has 0 unspecified atom stereocenters. The topological polar surface area (TPSA) is 102 Å². The van der Waals surface area contributed by atoms with Gasteiger partial charge in [0.25, 0.3) is 5.88 Å². The number of ketones is 1. The molecule has 2 aromatic heterocycles. The standard InChI is InChI=1S/C21H20N2O7/c1-12-6-16(14(3)23(12)15-4-5-18-19(8-15)29-11-28-18)17(24)9-27-21(25)10-26-20-7-13(2)30-22-20/h4-8H,9-11H2,1-3H3. The highest BCUT2D eigenvalue weighted by Gasteiger charge is 2.20. The molecular weight excluding hydrogens is 392 g/mol. The molecule has 0 atom stereocenters. The summed E-state index contributed by atoms with van der Waals surface area (Å²) < 4.78 is 27.7. The third kappa shape index (κ3) is 3.86. The van der Waals surface area contributed by atoms with Crippen molar-refractivity contribution < 1.29 is 33.1 Å². The molecule has 9 heteroatoms. The maximum atomic E-state index is 12.6. The molecule has 30 heavy (non-hydrogen) atoms. The van der Waals surface area contributed by atoms with E-state index in [2.05, 4.69) is 5.16 Å². The highest BCUT2D eigenvalue weighted by Crippen LogP contribution is 2.34. The van der Waals surface area contributed by atoms with Crippen LogP contribution in [-0.2, 0) is 9.53 Å². The lowest BCUT2D eigenvalue weighted by Gasteiger charge is -2.11. The van der Waals surface area contributed by atoms with Gasteiger partial charge in [0.2, 0.25) is 12.6 Å². The van der Waals surface area contributed by atoms with Gasteiger partial charge in [0.1, 0.15) is 5.76 Å². The maximum Gasteiger partial charge on any atom is 0.344 e. The van der Waals surface area contributed by atoms with E-state index in [4.69, 9.17) is 23.5 Å². The number of nitrogens with zero attached hydrogens (tertiary/aromatic N) is 2. The first-order valence-corrected chi connectivity index (χ1v) is 9.26. The summed E-state index contributed by atoms with van der Waals surface area (Å²) in [5, 5.41) is 3.61. The zero-order valence-corrected chi connectivity index (χ0v) is 16.8. The lowest BCUT2D eigenvalue weighted by atomic mass is 10.1. The number of carbonyl (C=O) groups is 2. The Morgan fingerprint density at radius 3 is 2.63 bits per heavy atom. The normalized spacial score (nSPS) is 12.1. The Hall–Kier alpha value is -3.75. The van der Waals surface area contributed by atoms with Gasteiger partial charge in [-0.15, -0.1) is 0 Å². The largest absolute Gasteiger partial charge is 0.463 e. The molecule has 9 nitrogen and oxygen atoms in total. The van der Waals surface area contributed by atoms with E-state index < -0.39 is 5.97 Å². The summed E-state index contributed by atoms with van der Waals surface area (Å²) in [5.41, 5.74) is 2.93. The Labute approximate surface area is 172 Å². The zero-order valence-electron chi connectivity index (χ0n) is 16.8. The Kier molecular flexibility index (Phi) is 5.18. The first-order chi connectivity index (χ1) is 14.4. The van der Waals surface area contributed by atoms with Crippen molar-refractivity contribution in [1.82, 2.24) is 9.72 Å². The molecule has 0 aliphatic carbocycles. The molecule has 0 saturated heterocycles. The van der Waals surface area contributed by atoms with Gasteiger partial charge in [-0.25, -0.2) is 4.79 Å². The van der Waals surface area contributed by atoms with Gasteiger partial charge in [-0.1, -0.05) is 0 Å². The van der Waals surface area contributed by atoms with E-state index in [0.29, 0.717) is 22.8 Å². The zero-order chi connectivity index (χ0) is 21.3. The summed E-state index contributed by atoms with van der Waals surface area (Å²) in [7, 11) is 0. The molecule has 1 aromatic carbocycles. The number of carbonyl (C=O) groups excluding carboxylic acids is 2. The van der Waals surface area contributed by atoms with Crippen molar-refractivity contribution in [2.24, 2.45) is 0 Å². The number of hydrogen-bond donors (Lipinski definition) is 0. The molecule has 0 bridgehead atoms. The fraction of sp³-hybridized carbons (Fsp3) is 0.286. The second-order valence-corrected chi connectivity index (χ2v) is 6.81. The number of esters is 1. The van der Waals surface area contributed by atoms with Crippen molar-refractivity contribution >= 4 is 11.8 Å². The highest BCUT2D eigenvalue weighted by atomic mass is 16.7. The molecule has 4 rings (SSSR count). The van der Waals surface area contributed by atoms with Gasteiger partial charge in [-0.3, -0.25) is 4.79 Å². The van der Waals surface area contributed by atoms with Crippen molar-refractivity contribution in [2.75, 3.05) is 20.0 Å². The van der Waals surface area contributed by atoms with Crippen LogP contribution in [0.1, 0.15) is 27.5 Å². The quantitative estimate of drug-likeness (QED) is 0.431. The van der Waals surface area contributed by atoms with Gasteiger partial charge in [0.15, 0.2) is 24.7 Å². The summed E-state index contributed by atoms with van der Waals surface area (Å²) in [6, 6.07) is 8.90. The monoisotopic (exact) mass is 412 g/mol. The number of ether oxygens (including phenoxy) is 4. The van der Waals surface area contributed by atoms with Crippen molar-refractivity contribution in [3.63, 3.8) is 0 Å². The van der Waals surface area contributed by atoms with E-state index in [9.17, 15) is 9.59 Å². The molecule has 3 aromatic rings. The molecule has 156 valence electrons. The number of aromatic nitrogens is 2. The van der Waals surface area contributed by atoms with Crippen LogP contribution in [0.25, 0.3) is 5.69 Å². The molecule has 1 aliphatic heterocycles. The van der Waals surface area contributed by atoms with Crippen molar-refractivity contribution in [3.05, 3.63) is 53.0 Å². The van der Waals surface area contributed by atoms with E-state index in [1.54, 1.807) is 19.1 Å². The first kappa shape index (κ1) is 19.6. The number of benzene rings is 1. The lowest BCUT2D eigenvalue weighted by molar-refractivity contribution is -0.144. The van der Waals surface area contributed by atoms with E-state index in [-0.39, 0.29) is 31.7 Å². The molecule has 0 spiro atoms. The smallest absolute Gasteiger partial charge is 0.344 e. The van der Waals surface area contributed by atoms with Crippen LogP contribution in [0.15, 0.2) is 34.9 Å².